The highest BCUT2D eigenvalue weighted by Gasteiger charge is 2.28. The fourth-order valence-electron chi connectivity index (χ4n) is 2.06. The van der Waals surface area contributed by atoms with E-state index in [9.17, 15) is 4.79 Å². The van der Waals surface area contributed by atoms with E-state index in [4.69, 9.17) is 28.4 Å². The number of benzene rings is 1. The average Bonchev–Trinajstić information content (AvgIpc) is 3.41. The largest absolute Gasteiger partial charge is 0.487 e. The molecular formula is C16H18O7. The minimum atomic E-state index is 0.110. The van der Waals surface area contributed by atoms with E-state index >= 15 is 0 Å². The third kappa shape index (κ3) is 4.13. The molecule has 3 fully saturated rings. The van der Waals surface area contributed by atoms with Gasteiger partial charge >= 0.3 is 0 Å². The number of carbonyl (C=O) groups excluding carboxylic acids is 1. The summed E-state index contributed by atoms with van der Waals surface area (Å²) in [5, 5.41) is 0. The van der Waals surface area contributed by atoms with Crippen molar-refractivity contribution in [3.8, 4) is 17.2 Å². The van der Waals surface area contributed by atoms with Crippen LogP contribution in [-0.2, 0) is 14.2 Å². The molecule has 4 rings (SSSR count). The highest BCUT2D eigenvalue weighted by Crippen LogP contribution is 2.40. The Morgan fingerprint density at radius 1 is 0.870 bits per heavy atom. The van der Waals surface area contributed by atoms with Crippen LogP contribution in [-0.4, -0.2) is 64.2 Å². The van der Waals surface area contributed by atoms with Crippen molar-refractivity contribution in [2.45, 2.75) is 18.3 Å². The Hall–Kier alpha value is -1.83. The number of hydrogen-bond donors (Lipinski definition) is 0. The molecule has 0 N–H and O–H groups in total. The minimum Gasteiger partial charge on any atom is -0.487 e. The van der Waals surface area contributed by atoms with Gasteiger partial charge in [0.1, 0.15) is 44.4 Å². The lowest BCUT2D eigenvalue weighted by molar-refractivity contribution is 0.112. The lowest BCUT2D eigenvalue weighted by Gasteiger charge is -2.17. The summed E-state index contributed by atoms with van der Waals surface area (Å²) in [4.78, 5) is 11.2. The molecule has 0 radical (unpaired) electrons. The molecular weight excluding hydrogens is 304 g/mol. The minimum absolute atomic E-state index is 0.110. The Kier molecular flexibility index (Phi) is 4.07. The summed E-state index contributed by atoms with van der Waals surface area (Å²) in [6, 6.07) is 3.30. The third-order valence-electron chi connectivity index (χ3n) is 3.65. The first-order chi connectivity index (χ1) is 11.3. The van der Waals surface area contributed by atoms with Crippen LogP contribution in [0.2, 0.25) is 0 Å². The molecule has 7 heteroatoms. The van der Waals surface area contributed by atoms with E-state index in [1.807, 2.05) is 0 Å². The third-order valence-corrected chi connectivity index (χ3v) is 3.65. The maximum Gasteiger partial charge on any atom is 0.203 e. The van der Waals surface area contributed by atoms with Gasteiger partial charge in [-0.05, 0) is 12.1 Å². The molecule has 3 atom stereocenters. The SMILES string of the molecule is O=Cc1cc(OCC2CO2)c(OCC2CO2)c(OCC2CO2)c1. The van der Waals surface area contributed by atoms with Crippen molar-refractivity contribution in [3.63, 3.8) is 0 Å². The second-order valence-corrected chi connectivity index (χ2v) is 5.76. The van der Waals surface area contributed by atoms with Crippen LogP contribution in [0.3, 0.4) is 0 Å². The molecule has 0 spiro atoms. The molecule has 7 nitrogen and oxygen atoms in total. The van der Waals surface area contributed by atoms with Gasteiger partial charge in [-0.25, -0.2) is 0 Å². The lowest BCUT2D eigenvalue weighted by atomic mass is 10.2. The topological polar surface area (TPSA) is 82.4 Å². The maximum atomic E-state index is 11.2. The number of aldehydes is 1. The summed E-state index contributed by atoms with van der Waals surface area (Å²) in [6.45, 7) is 3.36. The molecule has 0 amide bonds. The van der Waals surface area contributed by atoms with Crippen molar-refractivity contribution in [2.75, 3.05) is 39.6 Å². The second kappa shape index (κ2) is 6.35. The van der Waals surface area contributed by atoms with Gasteiger partial charge in [0.2, 0.25) is 5.75 Å². The van der Waals surface area contributed by atoms with Crippen LogP contribution in [0.4, 0.5) is 0 Å². The Balaban J connectivity index is 1.54. The molecule has 3 heterocycles. The lowest BCUT2D eigenvalue weighted by Crippen LogP contribution is -2.12. The summed E-state index contributed by atoms with van der Waals surface area (Å²) < 4.78 is 32.8. The molecule has 1 aromatic carbocycles. The normalized spacial score (nSPS) is 27.2. The summed E-state index contributed by atoms with van der Waals surface area (Å²) >= 11 is 0. The second-order valence-electron chi connectivity index (χ2n) is 5.76. The van der Waals surface area contributed by atoms with E-state index in [1.165, 1.54) is 0 Å². The first-order valence-corrected chi connectivity index (χ1v) is 7.68. The highest BCUT2D eigenvalue weighted by atomic mass is 16.6. The van der Waals surface area contributed by atoms with Crippen LogP contribution in [0.15, 0.2) is 12.1 Å². The summed E-state index contributed by atoms with van der Waals surface area (Å²) in [5.41, 5.74) is 0.471. The van der Waals surface area contributed by atoms with E-state index in [1.54, 1.807) is 12.1 Å². The zero-order valence-electron chi connectivity index (χ0n) is 12.6. The van der Waals surface area contributed by atoms with E-state index in [2.05, 4.69) is 0 Å². The van der Waals surface area contributed by atoms with Crippen molar-refractivity contribution in [3.05, 3.63) is 17.7 Å². The Morgan fingerprint density at radius 2 is 1.30 bits per heavy atom. The van der Waals surface area contributed by atoms with Crippen molar-refractivity contribution >= 4 is 6.29 Å². The fraction of sp³-hybridized carbons (Fsp3) is 0.562. The van der Waals surface area contributed by atoms with Crippen molar-refractivity contribution in [2.24, 2.45) is 0 Å². The molecule has 3 aliphatic rings. The van der Waals surface area contributed by atoms with Crippen molar-refractivity contribution < 1.29 is 33.2 Å². The number of rotatable bonds is 10. The van der Waals surface area contributed by atoms with Crippen LogP contribution in [0.5, 0.6) is 17.2 Å². The van der Waals surface area contributed by atoms with Crippen molar-refractivity contribution in [1.82, 2.24) is 0 Å². The van der Waals surface area contributed by atoms with Crippen LogP contribution in [0.1, 0.15) is 10.4 Å². The molecule has 23 heavy (non-hydrogen) atoms. The van der Waals surface area contributed by atoms with Gasteiger partial charge in [-0.1, -0.05) is 0 Å². The van der Waals surface area contributed by atoms with E-state index in [0.717, 1.165) is 6.29 Å². The monoisotopic (exact) mass is 322 g/mol. The zero-order chi connectivity index (χ0) is 15.6. The van der Waals surface area contributed by atoms with Gasteiger partial charge in [0.25, 0.3) is 0 Å². The predicted molar refractivity (Wildman–Crippen MR) is 77.5 cm³/mol. The van der Waals surface area contributed by atoms with E-state index in [0.29, 0.717) is 62.5 Å². The van der Waals surface area contributed by atoms with Crippen molar-refractivity contribution in [1.29, 1.82) is 0 Å². The molecule has 0 bridgehead atoms. The molecule has 0 aromatic heterocycles. The molecule has 3 saturated heterocycles. The Morgan fingerprint density at radius 3 is 1.70 bits per heavy atom. The zero-order valence-corrected chi connectivity index (χ0v) is 12.6. The highest BCUT2D eigenvalue weighted by molar-refractivity contribution is 5.78. The van der Waals surface area contributed by atoms with Gasteiger partial charge in [0.15, 0.2) is 11.5 Å². The quantitative estimate of drug-likeness (QED) is 0.466. The summed E-state index contributed by atoms with van der Waals surface area (Å²) in [7, 11) is 0. The number of carbonyl (C=O) groups is 1. The average molecular weight is 322 g/mol. The molecule has 0 saturated carbocycles. The van der Waals surface area contributed by atoms with Gasteiger partial charge in [0.05, 0.1) is 19.8 Å². The van der Waals surface area contributed by atoms with Gasteiger partial charge in [-0.15, -0.1) is 0 Å². The number of ether oxygens (including phenoxy) is 6. The summed E-state index contributed by atoms with van der Waals surface area (Å²) in [6.07, 6.45) is 1.09. The Labute approximate surface area is 133 Å². The maximum absolute atomic E-state index is 11.2. The van der Waals surface area contributed by atoms with Crippen LogP contribution < -0.4 is 14.2 Å². The molecule has 0 aliphatic carbocycles. The molecule has 3 aliphatic heterocycles. The molecule has 1 aromatic rings. The van der Waals surface area contributed by atoms with Gasteiger partial charge < -0.3 is 28.4 Å². The number of epoxide rings is 3. The first kappa shape index (κ1) is 14.7. The van der Waals surface area contributed by atoms with Gasteiger partial charge in [0, 0.05) is 5.56 Å². The van der Waals surface area contributed by atoms with E-state index in [-0.39, 0.29) is 18.3 Å². The number of hydrogen-bond acceptors (Lipinski definition) is 7. The van der Waals surface area contributed by atoms with Crippen LogP contribution in [0.25, 0.3) is 0 Å². The van der Waals surface area contributed by atoms with Gasteiger partial charge in [-0.2, -0.15) is 0 Å². The predicted octanol–water partition coefficient (Wildman–Crippen LogP) is 0.832. The smallest absolute Gasteiger partial charge is 0.203 e. The van der Waals surface area contributed by atoms with Gasteiger partial charge in [-0.3, -0.25) is 4.79 Å². The van der Waals surface area contributed by atoms with Crippen LogP contribution in [0, 0.1) is 0 Å². The van der Waals surface area contributed by atoms with Crippen LogP contribution >= 0.6 is 0 Å². The standard InChI is InChI=1S/C16H18O7/c17-3-10-1-14(21-7-11-4-18-11)16(23-9-13-6-20-13)15(2-10)22-8-12-5-19-12/h1-3,11-13H,4-9H2. The molecule has 3 unspecified atom stereocenters. The van der Waals surface area contributed by atoms with E-state index < -0.39 is 0 Å². The molecule has 124 valence electrons. The Bertz CT molecular complexity index is 539. The summed E-state index contributed by atoms with van der Waals surface area (Å²) in [5.74, 6) is 1.46. The fourth-order valence-corrected chi connectivity index (χ4v) is 2.06. The first-order valence-electron chi connectivity index (χ1n) is 7.68.